The molecule has 4 aromatic rings. The molecule has 264 valence electrons. The molecule has 2 aromatic heterocycles. The molecule has 4 bridgehead atoms. The van der Waals surface area contributed by atoms with E-state index in [1.54, 1.807) is 12.1 Å². The van der Waals surface area contributed by atoms with Crippen LogP contribution in [0.1, 0.15) is 47.3 Å². The molecule has 1 saturated heterocycles. The highest BCUT2D eigenvalue weighted by Gasteiger charge is 2.32. The third kappa shape index (κ3) is 6.86. The van der Waals surface area contributed by atoms with E-state index in [1.165, 1.54) is 29.3 Å². The molecule has 1 fully saturated rings. The van der Waals surface area contributed by atoms with Gasteiger partial charge in [-0.25, -0.2) is 14.8 Å². The van der Waals surface area contributed by atoms with Crippen LogP contribution in [-0.4, -0.2) is 94.5 Å². The second-order valence-corrected chi connectivity index (χ2v) is 15.1. The number of phenols is 1. The first kappa shape index (κ1) is 34.8. The van der Waals surface area contributed by atoms with Gasteiger partial charge in [0.05, 0.1) is 15.4 Å². The van der Waals surface area contributed by atoms with Crippen LogP contribution in [0.4, 0.5) is 0 Å². The molecule has 0 spiro atoms. The fourth-order valence-electron chi connectivity index (χ4n) is 7.05. The highest BCUT2D eigenvalue weighted by atomic mass is 35.5. The molecule has 2 atom stereocenters. The lowest BCUT2D eigenvalue weighted by Crippen LogP contribution is -2.49. The number of allylic oxidation sites excluding steroid dienone is 2. The summed E-state index contributed by atoms with van der Waals surface area (Å²) < 4.78 is 19.3. The number of piperazine rings is 1. The van der Waals surface area contributed by atoms with Gasteiger partial charge < -0.3 is 29.3 Å². The van der Waals surface area contributed by atoms with Gasteiger partial charge in [-0.15, -0.1) is 11.3 Å². The molecule has 5 heterocycles. The topological polar surface area (TPSA) is 117 Å². The van der Waals surface area contributed by atoms with Gasteiger partial charge in [0, 0.05) is 55.1 Å². The fourth-order valence-corrected chi connectivity index (χ4v) is 8.77. The Morgan fingerprint density at radius 1 is 1.04 bits per heavy atom. The molecular weight excluding hydrogens is 699 g/mol. The molecular formula is C37H40Cl2N4O6S. The van der Waals surface area contributed by atoms with E-state index in [-0.39, 0.29) is 24.7 Å². The quantitative estimate of drug-likeness (QED) is 0.219. The Morgan fingerprint density at radius 2 is 1.80 bits per heavy atom. The molecule has 4 aliphatic rings. The summed E-state index contributed by atoms with van der Waals surface area (Å²) in [5.74, 6) is -0.287. The Bertz CT molecular complexity index is 1950. The van der Waals surface area contributed by atoms with E-state index in [0.717, 1.165) is 79.0 Å². The van der Waals surface area contributed by atoms with E-state index in [9.17, 15) is 15.0 Å². The summed E-state index contributed by atoms with van der Waals surface area (Å²) in [7, 11) is 2.11. The molecule has 0 amide bonds. The predicted octanol–water partition coefficient (Wildman–Crippen LogP) is 7.41. The Morgan fingerprint density at radius 3 is 2.50 bits per heavy atom. The predicted molar refractivity (Wildman–Crippen MR) is 197 cm³/mol. The van der Waals surface area contributed by atoms with Gasteiger partial charge in [0.1, 0.15) is 35.4 Å². The van der Waals surface area contributed by atoms with E-state index >= 15 is 0 Å². The zero-order chi connectivity index (χ0) is 35.1. The Hall–Kier alpha value is -3.61. The highest BCUT2D eigenvalue weighted by Crippen LogP contribution is 2.52. The lowest BCUT2D eigenvalue weighted by Gasteiger charge is -2.35. The van der Waals surface area contributed by atoms with Crippen LogP contribution in [0, 0.1) is 13.8 Å². The number of aliphatic carboxylic acids is 1. The van der Waals surface area contributed by atoms with Crippen LogP contribution >= 0.6 is 34.5 Å². The van der Waals surface area contributed by atoms with Gasteiger partial charge >= 0.3 is 5.97 Å². The zero-order valence-corrected chi connectivity index (χ0v) is 30.6. The number of thiophene rings is 1. The van der Waals surface area contributed by atoms with Crippen molar-refractivity contribution in [2.75, 3.05) is 46.4 Å². The first-order chi connectivity index (χ1) is 24.1. The average molecular weight is 740 g/mol. The number of phenolic OH excluding ortho intramolecular Hbond substituents is 1. The third-order valence-electron chi connectivity index (χ3n) is 9.86. The normalized spacial score (nSPS) is 20.5. The monoisotopic (exact) mass is 738 g/mol. The SMILES string of the molecule is Cc1c(Cl)c2c(Cl)c(C)c1-c1c(C3=CCCCC3)sc3ncnc(c13)O[C@@H](C(=O)O)Cc1cc(ccc1O)OC[C@@H](CN1CCN(C)CC1)O2. The van der Waals surface area contributed by atoms with Crippen molar-refractivity contribution in [1.82, 2.24) is 19.8 Å². The number of halogens is 2. The van der Waals surface area contributed by atoms with Crippen LogP contribution in [0.3, 0.4) is 0 Å². The summed E-state index contributed by atoms with van der Waals surface area (Å²) in [5, 5.41) is 22.6. The number of hydrogen-bond donors (Lipinski definition) is 2. The number of carboxylic acid groups (broad SMARTS) is 1. The van der Waals surface area contributed by atoms with E-state index in [4.69, 9.17) is 37.4 Å². The minimum Gasteiger partial charge on any atom is -0.508 e. The Labute approximate surface area is 305 Å². The molecule has 8 rings (SSSR count). The summed E-state index contributed by atoms with van der Waals surface area (Å²) in [6, 6.07) is 4.78. The van der Waals surface area contributed by atoms with Crippen molar-refractivity contribution in [2.45, 2.75) is 58.2 Å². The van der Waals surface area contributed by atoms with Crippen LogP contribution in [-0.2, 0) is 11.2 Å². The van der Waals surface area contributed by atoms with E-state index in [1.807, 2.05) is 13.8 Å². The maximum absolute atomic E-state index is 12.7. The number of carboxylic acids is 1. The second-order valence-electron chi connectivity index (χ2n) is 13.3. The smallest absolute Gasteiger partial charge is 0.345 e. The number of fused-ring (bicyclic) bond motifs is 7. The van der Waals surface area contributed by atoms with Gasteiger partial charge in [0.15, 0.2) is 5.75 Å². The number of likely N-dealkylation sites (N-methyl/N-ethyl adjacent to an activating group) is 1. The van der Waals surface area contributed by atoms with Crippen LogP contribution in [0.15, 0.2) is 30.6 Å². The molecule has 0 unspecified atom stereocenters. The number of nitrogens with zero attached hydrogens (tertiary/aromatic N) is 4. The zero-order valence-electron chi connectivity index (χ0n) is 28.3. The minimum absolute atomic E-state index is 0.0618. The first-order valence-electron chi connectivity index (χ1n) is 17.0. The van der Waals surface area contributed by atoms with Gasteiger partial charge in [-0.1, -0.05) is 29.3 Å². The molecule has 10 nitrogen and oxygen atoms in total. The second kappa shape index (κ2) is 14.6. The Balaban J connectivity index is 1.44. The minimum atomic E-state index is -1.37. The number of aromatic nitrogens is 2. The summed E-state index contributed by atoms with van der Waals surface area (Å²) in [5.41, 5.74) is 4.72. The van der Waals surface area contributed by atoms with Crippen molar-refractivity contribution in [3.63, 3.8) is 0 Å². The van der Waals surface area contributed by atoms with Crippen molar-refractivity contribution < 1.29 is 29.2 Å². The molecule has 13 heteroatoms. The van der Waals surface area contributed by atoms with E-state index in [2.05, 4.69) is 32.9 Å². The average Bonchev–Trinajstić information content (AvgIpc) is 3.50. The number of ether oxygens (including phenoxy) is 3. The van der Waals surface area contributed by atoms with Gasteiger partial charge in [-0.05, 0) is 87.0 Å². The summed E-state index contributed by atoms with van der Waals surface area (Å²) in [6.07, 6.45) is 5.73. The largest absolute Gasteiger partial charge is 0.508 e. The number of aromatic hydroxyl groups is 1. The van der Waals surface area contributed by atoms with Crippen molar-refractivity contribution in [2.24, 2.45) is 0 Å². The number of carbonyl (C=O) groups is 1. The molecule has 0 saturated carbocycles. The Kier molecular flexibility index (Phi) is 10.1. The van der Waals surface area contributed by atoms with E-state index < -0.39 is 18.2 Å². The van der Waals surface area contributed by atoms with Crippen molar-refractivity contribution in [3.8, 4) is 34.3 Å². The van der Waals surface area contributed by atoms with Gasteiger partial charge in [-0.2, -0.15) is 0 Å². The van der Waals surface area contributed by atoms with Crippen molar-refractivity contribution >= 4 is 56.3 Å². The number of rotatable bonds is 4. The first-order valence-corrected chi connectivity index (χ1v) is 18.5. The summed E-state index contributed by atoms with van der Waals surface area (Å²) in [6.45, 7) is 8.28. The molecule has 2 N–H and O–H groups in total. The molecule has 2 aromatic carbocycles. The summed E-state index contributed by atoms with van der Waals surface area (Å²) in [4.78, 5) is 28.2. The lowest BCUT2D eigenvalue weighted by molar-refractivity contribution is -0.145. The van der Waals surface area contributed by atoms with E-state index in [0.29, 0.717) is 43.9 Å². The maximum Gasteiger partial charge on any atom is 0.345 e. The number of hydrogen-bond acceptors (Lipinski definition) is 10. The van der Waals surface area contributed by atoms with Gasteiger partial charge in [-0.3, -0.25) is 4.90 Å². The standard InChI is InChI=1S/C37H40Cl2N4O6S/c1-20-28-21(2)32(39)33(31(20)38)48-25(17-43-13-11-42(3)12-14-43)18-47-24-9-10-26(44)23(15-24)16-27(37(45)46)49-35-30-29(28)34(22-7-5-4-6-8-22)50-36(30)41-19-40-35/h7,9-10,15,19,25,27,44H,4-6,8,11-14,16-18H2,1-3H3,(H,45,46)/t25-,27-/m1/s1. The highest BCUT2D eigenvalue weighted by molar-refractivity contribution is 7.20. The van der Waals surface area contributed by atoms with Crippen molar-refractivity contribution in [3.05, 3.63) is 62.2 Å². The van der Waals surface area contributed by atoms with Crippen LogP contribution in [0.25, 0.3) is 26.9 Å². The molecule has 50 heavy (non-hydrogen) atoms. The molecule has 0 radical (unpaired) electrons. The maximum atomic E-state index is 12.7. The van der Waals surface area contributed by atoms with Crippen LogP contribution in [0.5, 0.6) is 23.1 Å². The van der Waals surface area contributed by atoms with Crippen LogP contribution in [0.2, 0.25) is 10.0 Å². The fraction of sp³-hybridized carbons (Fsp3) is 0.432. The third-order valence-corrected chi connectivity index (χ3v) is 11.9. The molecule has 1 aliphatic carbocycles. The summed E-state index contributed by atoms with van der Waals surface area (Å²) >= 11 is 16.0. The number of benzene rings is 2. The lowest BCUT2D eigenvalue weighted by atomic mass is 9.89. The van der Waals surface area contributed by atoms with Gasteiger partial charge in [0.25, 0.3) is 0 Å². The van der Waals surface area contributed by atoms with Crippen LogP contribution < -0.4 is 14.2 Å². The van der Waals surface area contributed by atoms with Gasteiger partial charge in [0.2, 0.25) is 12.0 Å². The van der Waals surface area contributed by atoms with Crippen molar-refractivity contribution in [1.29, 1.82) is 0 Å². The molecule has 3 aliphatic heterocycles.